The number of ether oxygens (including phenoxy) is 2. The lowest BCUT2D eigenvalue weighted by Crippen LogP contribution is -2.22. The molecule has 0 aliphatic carbocycles. The van der Waals surface area contributed by atoms with Gasteiger partial charge in [-0.05, 0) is 18.9 Å². The zero-order valence-corrected chi connectivity index (χ0v) is 13.6. The third-order valence-corrected chi connectivity index (χ3v) is 4.32. The number of unbranched alkanes of at least 4 members (excludes halogenated alkanes) is 6. The maximum atomic E-state index is 5.67. The topological polar surface area (TPSA) is 27.7 Å². The Bertz CT molecular complexity index is 176. The number of hydrogen-bond acceptors (Lipinski definition) is 3. The van der Waals surface area contributed by atoms with E-state index in [1.54, 1.807) is 14.2 Å². The van der Waals surface area contributed by atoms with Gasteiger partial charge in [-0.25, -0.2) is 0 Å². The van der Waals surface area contributed by atoms with Gasteiger partial charge in [0.2, 0.25) is 0 Å². The van der Waals surface area contributed by atoms with Crippen LogP contribution in [-0.4, -0.2) is 36.9 Å². The Balaban J connectivity index is 3.12. The second-order valence-corrected chi connectivity index (χ2v) is 5.99. The quantitative estimate of drug-likeness (QED) is 0.211. The van der Waals surface area contributed by atoms with Gasteiger partial charge in [0.1, 0.15) is 0 Å². The van der Waals surface area contributed by atoms with Gasteiger partial charge in [-0.15, -0.1) is 6.58 Å². The molecule has 108 valence electrons. The number of allylic oxidation sites excluding steroid dienone is 1. The van der Waals surface area contributed by atoms with Crippen LogP contribution in [0.4, 0.5) is 0 Å². The minimum absolute atomic E-state index is 0.152. The second-order valence-electron chi connectivity index (χ2n) is 4.54. The van der Waals surface area contributed by atoms with Gasteiger partial charge in [-0.1, -0.05) is 38.2 Å². The van der Waals surface area contributed by atoms with Gasteiger partial charge in [0.05, 0.1) is 6.61 Å². The Kier molecular flexibility index (Phi) is 14.8. The molecule has 1 unspecified atom stereocenters. The summed E-state index contributed by atoms with van der Waals surface area (Å²) < 4.78 is 15.8. The Labute approximate surface area is 115 Å². The summed E-state index contributed by atoms with van der Waals surface area (Å²) >= 11 is 0. The summed E-state index contributed by atoms with van der Waals surface area (Å²) in [6, 6.07) is 1.25. The van der Waals surface area contributed by atoms with Crippen LogP contribution in [0.1, 0.15) is 44.9 Å². The average Bonchev–Trinajstić information content (AvgIpc) is 2.39. The molecular formula is C14H30O3Si. The van der Waals surface area contributed by atoms with E-state index in [9.17, 15) is 0 Å². The van der Waals surface area contributed by atoms with Crippen molar-refractivity contribution in [1.82, 2.24) is 0 Å². The summed E-state index contributed by atoms with van der Waals surface area (Å²) in [4.78, 5) is 0. The molecule has 3 nitrogen and oxygen atoms in total. The first-order valence-electron chi connectivity index (χ1n) is 7.09. The smallest absolute Gasteiger partial charge is 0.170 e. The Morgan fingerprint density at radius 3 is 2.33 bits per heavy atom. The third kappa shape index (κ3) is 12.3. The standard InChI is InChI=1S/C14H30O3Si/c1-4-5-6-7-8-9-10-11-12-18-17-14(16-3)13-15-2/h4,14H,1,5-13,18H2,2-3H3. The van der Waals surface area contributed by atoms with Gasteiger partial charge in [0.15, 0.2) is 16.1 Å². The van der Waals surface area contributed by atoms with Crippen molar-refractivity contribution in [2.75, 3.05) is 20.8 Å². The lowest BCUT2D eigenvalue weighted by atomic mass is 10.1. The number of rotatable bonds is 14. The second kappa shape index (κ2) is 14.9. The molecule has 0 bridgehead atoms. The Hall–Kier alpha value is -0.163. The molecule has 0 fully saturated rings. The van der Waals surface area contributed by atoms with Crippen molar-refractivity contribution in [3.63, 3.8) is 0 Å². The van der Waals surface area contributed by atoms with Crippen LogP contribution in [0.3, 0.4) is 0 Å². The van der Waals surface area contributed by atoms with Crippen LogP contribution in [0, 0.1) is 0 Å². The largest absolute Gasteiger partial charge is 0.398 e. The molecule has 0 aliphatic rings. The molecule has 18 heavy (non-hydrogen) atoms. The van der Waals surface area contributed by atoms with E-state index in [-0.39, 0.29) is 6.29 Å². The van der Waals surface area contributed by atoms with Crippen molar-refractivity contribution < 1.29 is 13.9 Å². The SMILES string of the molecule is C=CCCCCCCCC[SiH2]OC(COC)OC. The van der Waals surface area contributed by atoms with E-state index in [1.807, 2.05) is 6.08 Å². The molecular weight excluding hydrogens is 244 g/mol. The van der Waals surface area contributed by atoms with Gasteiger partial charge in [-0.3, -0.25) is 0 Å². The first-order valence-corrected chi connectivity index (χ1v) is 8.67. The van der Waals surface area contributed by atoms with E-state index in [0.29, 0.717) is 6.61 Å². The molecule has 0 saturated heterocycles. The van der Waals surface area contributed by atoms with Crippen LogP contribution < -0.4 is 0 Å². The van der Waals surface area contributed by atoms with Gasteiger partial charge < -0.3 is 13.9 Å². The minimum Gasteiger partial charge on any atom is -0.398 e. The van der Waals surface area contributed by atoms with E-state index in [2.05, 4.69) is 6.58 Å². The Morgan fingerprint density at radius 1 is 1.06 bits per heavy atom. The van der Waals surface area contributed by atoms with Crippen molar-refractivity contribution in [1.29, 1.82) is 0 Å². The number of methoxy groups -OCH3 is 2. The van der Waals surface area contributed by atoms with Crippen molar-refractivity contribution in [2.45, 2.75) is 57.3 Å². The van der Waals surface area contributed by atoms with E-state index < -0.39 is 9.76 Å². The van der Waals surface area contributed by atoms with Gasteiger partial charge >= 0.3 is 0 Å². The highest BCUT2D eigenvalue weighted by Gasteiger charge is 2.05. The van der Waals surface area contributed by atoms with Gasteiger partial charge in [0, 0.05) is 14.2 Å². The van der Waals surface area contributed by atoms with Crippen LogP contribution in [0.2, 0.25) is 6.04 Å². The molecule has 4 heteroatoms. The summed E-state index contributed by atoms with van der Waals surface area (Å²) in [6.07, 6.45) is 11.0. The lowest BCUT2D eigenvalue weighted by Gasteiger charge is -2.15. The fourth-order valence-corrected chi connectivity index (χ4v) is 3.03. The molecule has 0 saturated carbocycles. The Morgan fingerprint density at radius 2 is 1.72 bits per heavy atom. The molecule has 0 aromatic carbocycles. The van der Waals surface area contributed by atoms with Crippen molar-refractivity contribution in [3.05, 3.63) is 12.7 Å². The molecule has 0 N–H and O–H groups in total. The van der Waals surface area contributed by atoms with Crippen molar-refractivity contribution in [3.8, 4) is 0 Å². The van der Waals surface area contributed by atoms with Gasteiger partial charge in [-0.2, -0.15) is 0 Å². The molecule has 1 atom stereocenters. The molecule has 0 rings (SSSR count). The average molecular weight is 274 g/mol. The summed E-state index contributed by atoms with van der Waals surface area (Å²) in [5.41, 5.74) is 0. The first-order chi connectivity index (χ1) is 8.85. The fraction of sp³-hybridized carbons (Fsp3) is 0.857. The minimum atomic E-state index is -0.433. The predicted octanol–water partition coefficient (Wildman–Crippen LogP) is 3.04. The molecule has 0 spiro atoms. The highest BCUT2D eigenvalue weighted by molar-refractivity contribution is 6.27. The maximum absolute atomic E-state index is 5.67. The summed E-state index contributed by atoms with van der Waals surface area (Å²) in [5, 5.41) is 0. The molecule has 0 aromatic heterocycles. The van der Waals surface area contributed by atoms with Crippen LogP contribution >= 0.6 is 0 Å². The summed E-state index contributed by atoms with van der Waals surface area (Å²) in [7, 11) is 2.90. The summed E-state index contributed by atoms with van der Waals surface area (Å²) in [6.45, 7) is 4.27. The number of hydrogen-bond donors (Lipinski definition) is 0. The highest BCUT2D eigenvalue weighted by Crippen LogP contribution is 2.09. The highest BCUT2D eigenvalue weighted by atomic mass is 28.2. The van der Waals surface area contributed by atoms with Crippen molar-refractivity contribution >= 4 is 9.76 Å². The first kappa shape index (κ1) is 17.8. The van der Waals surface area contributed by atoms with Crippen LogP contribution in [-0.2, 0) is 13.9 Å². The lowest BCUT2D eigenvalue weighted by molar-refractivity contribution is -0.0928. The summed E-state index contributed by atoms with van der Waals surface area (Å²) in [5.74, 6) is 0. The van der Waals surface area contributed by atoms with E-state index in [1.165, 1.54) is 51.0 Å². The van der Waals surface area contributed by atoms with E-state index in [0.717, 1.165) is 0 Å². The molecule has 0 heterocycles. The molecule has 0 radical (unpaired) electrons. The van der Waals surface area contributed by atoms with Crippen LogP contribution in [0.25, 0.3) is 0 Å². The molecule has 0 aliphatic heterocycles. The van der Waals surface area contributed by atoms with E-state index in [4.69, 9.17) is 13.9 Å². The van der Waals surface area contributed by atoms with E-state index >= 15 is 0 Å². The zero-order valence-electron chi connectivity index (χ0n) is 12.2. The maximum Gasteiger partial charge on any atom is 0.170 e. The normalized spacial score (nSPS) is 13.2. The predicted molar refractivity (Wildman–Crippen MR) is 79.6 cm³/mol. The van der Waals surface area contributed by atoms with Gasteiger partial charge in [0.25, 0.3) is 0 Å². The van der Waals surface area contributed by atoms with Crippen LogP contribution in [0.15, 0.2) is 12.7 Å². The monoisotopic (exact) mass is 274 g/mol. The fourth-order valence-electron chi connectivity index (χ4n) is 1.81. The van der Waals surface area contributed by atoms with Crippen molar-refractivity contribution in [2.24, 2.45) is 0 Å². The third-order valence-electron chi connectivity index (χ3n) is 2.92. The van der Waals surface area contributed by atoms with Crippen LogP contribution in [0.5, 0.6) is 0 Å². The molecule has 0 amide bonds. The zero-order chi connectivity index (χ0) is 13.5. The molecule has 0 aromatic rings.